The van der Waals surface area contributed by atoms with Gasteiger partial charge in [0.25, 0.3) is 0 Å². The smallest absolute Gasteiger partial charge is 0.161 e. The van der Waals surface area contributed by atoms with Crippen molar-refractivity contribution in [3.05, 3.63) is 22.2 Å². The van der Waals surface area contributed by atoms with Gasteiger partial charge < -0.3 is 14.8 Å². The molecule has 1 aromatic rings. The van der Waals surface area contributed by atoms with Crippen molar-refractivity contribution >= 4 is 15.9 Å². The summed E-state index contributed by atoms with van der Waals surface area (Å²) in [6.07, 6.45) is 3.86. The standard InChI is InChI=1S/C17H26BrNO2/c1-17(2)8-6-7-12(17)16(19-3)11-9-14(20-4)15(21-5)10-13(11)18/h9-10,12,16,19H,6-8H2,1-5H3. The Hall–Kier alpha value is -0.740. The highest BCUT2D eigenvalue weighted by Crippen LogP contribution is 2.50. The van der Waals surface area contributed by atoms with E-state index in [1.54, 1.807) is 14.2 Å². The molecule has 3 nitrogen and oxygen atoms in total. The summed E-state index contributed by atoms with van der Waals surface area (Å²) >= 11 is 3.70. The molecule has 0 heterocycles. The molecule has 21 heavy (non-hydrogen) atoms. The number of methoxy groups -OCH3 is 2. The number of nitrogens with one attached hydrogen (secondary N) is 1. The Morgan fingerprint density at radius 1 is 1.24 bits per heavy atom. The number of halogens is 1. The van der Waals surface area contributed by atoms with E-state index >= 15 is 0 Å². The molecule has 0 aromatic heterocycles. The van der Waals surface area contributed by atoms with E-state index in [0.717, 1.165) is 16.0 Å². The first-order chi connectivity index (χ1) is 9.94. The van der Waals surface area contributed by atoms with Crippen LogP contribution in [0.3, 0.4) is 0 Å². The molecule has 118 valence electrons. The van der Waals surface area contributed by atoms with Crippen molar-refractivity contribution in [2.45, 2.75) is 39.2 Å². The topological polar surface area (TPSA) is 30.5 Å². The van der Waals surface area contributed by atoms with Gasteiger partial charge in [-0.1, -0.05) is 36.2 Å². The lowest BCUT2D eigenvalue weighted by molar-refractivity contribution is 0.203. The van der Waals surface area contributed by atoms with Gasteiger partial charge >= 0.3 is 0 Å². The first kappa shape index (κ1) is 16.6. The van der Waals surface area contributed by atoms with E-state index in [1.807, 2.05) is 13.1 Å². The Morgan fingerprint density at radius 3 is 2.33 bits per heavy atom. The van der Waals surface area contributed by atoms with Crippen LogP contribution >= 0.6 is 15.9 Å². The number of rotatable bonds is 5. The van der Waals surface area contributed by atoms with E-state index < -0.39 is 0 Å². The third-order valence-electron chi connectivity index (χ3n) is 4.89. The van der Waals surface area contributed by atoms with Gasteiger partial charge in [-0.2, -0.15) is 0 Å². The van der Waals surface area contributed by atoms with E-state index in [0.29, 0.717) is 17.4 Å². The monoisotopic (exact) mass is 355 g/mol. The molecule has 0 radical (unpaired) electrons. The van der Waals surface area contributed by atoms with Gasteiger partial charge in [0.05, 0.1) is 14.2 Å². The number of hydrogen-bond donors (Lipinski definition) is 1. The van der Waals surface area contributed by atoms with E-state index in [1.165, 1.54) is 24.8 Å². The summed E-state index contributed by atoms with van der Waals surface area (Å²) in [4.78, 5) is 0. The van der Waals surface area contributed by atoms with Crippen molar-refractivity contribution in [1.29, 1.82) is 0 Å². The summed E-state index contributed by atoms with van der Waals surface area (Å²) in [6, 6.07) is 4.41. The van der Waals surface area contributed by atoms with Gasteiger partial charge in [0.1, 0.15) is 0 Å². The molecule has 0 saturated heterocycles. The molecular formula is C17H26BrNO2. The third-order valence-corrected chi connectivity index (χ3v) is 5.58. The maximum atomic E-state index is 5.47. The van der Waals surface area contributed by atoms with Crippen molar-refractivity contribution < 1.29 is 9.47 Å². The highest BCUT2D eigenvalue weighted by atomic mass is 79.9. The van der Waals surface area contributed by atoms with Crippen molar-refractivity contribution in [2.24, 2.45) is 11.3 Å². The SMILES string of the molecule is CNC(c1cc(OC)c(OC)cc1Br)C1CCCC1(C)C. The Kier molecular flexibility index (Phi) is 5.20. The van der Waals surface area contributed by atoms with Crippen LogP contribution in [0.4, 0.5) is 0 Å². The molecule has 1 N–H and O–H groups in total. The van der Waals surface area contributed by atoms with Crippen molar-refractivity contribution in [1.82, 2.24) is 5.32 Å². The molecule has 1 aliphatic rings. The van der Waals surface area contributed by atoms with Gasteiger partial charge in [-0.05, 0) is 48.9 Å². The zero-order chi connectivity index (χ0) is 15.6. The summed E-state index contributed by atoms with van der Waals surface area (Å²) in [7, 11) is 5.39. The second-order valence-electron chi connectivity index (χ2n) is 6.48. The van der Waals surface area contributed by atoms with Gasteiger partial charge in [0.15, 0.2) is 11.5 Å². The van der Waals surface area contributed by atoms with Gasteiger partial charge in [0.2, 0.25) is 0 Å². The lowest BCUT2D eigenvalue weighted by Crippen LogP contribution is -2.32. The highest BCUT2D eigenvalue weighted by molar-refractivity contribution is 9.10. The molecule has 0 amide bonds. The maximum Gasteiger partial charge on any atom is 0.161 e. The van der Waals surface area contributed by atoms with E-state index in [-0.39, 0.29) is 0 Å². The van der Waals surface area contributed by atoms with Crippen LogP contribution in [-0.2, 0) is 0 Å². The molecule has 0 spiro atoms. The molecule has 4 heteroatoms. The van der Waals surface area contributed by atoms with E-state index in [4.69, 9.17) is 9.47 Å². The second-order valence-corrected chi connectivity index (χ2v) is 7.34. The molecular weight excluding hydrogens is 330 g/mol. The van der Waals surface area contributed by atoms with Crippen LogP contribution in [0, 0.1) is 11.3 Å². The fourth-order valence-corrected chi connectivity index (χ4v) is 4.22. The third kappa shape index (κ3) is 3.21. The normalized spacial score (nSPS) is 22.1. The first-order valence-corrected chi connectivity index (χ1v) is 8.32. The van der Waals surface area contributed by atoms with Crippen molar-refractivity contribution in [3.8, 4) is 11.5 Å². The number of ether oxygens (including phenoxy) is 2. The van der Waals surface area contributed by atoms with Crippen molar-refractivity contribution in [2.75, 3.05) is 21.3 Å². The van der Waals surface area contributed by atoms with Crippen LogP contribution < -0.4 is 14.8 Å². The average molecular weight is 356 g/mol. The van der Waals surface area contributed by atoms with Crippen LogP contribution in [0.5, 0.6) is 11.5 Å². The molecule has 2 rings (SSSR count). The zero-order valence-electron chi connectivity index (χ0n) is 13.6. The molecule has 1 fully saturated rings. The largest absolute Gasteiger partial charge is 0.493 e. The minimum Gasteiger partial charge on any atom is -0.493 e. The van der Waals surface area contributed by atoms with Gasteiger partial charge in [0, 0.05) is 10.5 Å². The minimum atomic E-state index is 0.316. The molecule has 1 aromatic carbocycles. The summed E-state index contributed by atoms with van der Waals surface area (Å²) < 4.78 is 11.9. The molecule has 0 bridgehead atoms. The maximum absolute atomic E-state index is 5.47. The predicted octanol–water partition coefficient (Wildman–Crippen LogP) is 4.55. The summed E-state index contributed by atoms with van der Waals surface area (Å²) in [5, 5.41) is 3.52. The molecule has 1 aliphatic carbocycles. The second kappa shape index (κ2) is 6.57. The van der Waals surface area contributed by atoms with Crippen LogP contribution in [0.25, 0.3) is 0 Å². The van der Waals surface area contributed by atoms with Gasteiger partial charge in [-0.25, -0.2) is 0 Å². The van der Waals surface area contributed by atoms with Gasteiger partial charge in [-0.3, -0.25) is 0 Å². The Labute approximate surface area is 136 Å². The molecule has 2 atom stereocenters. The Bertz CT molecular complexity index is 502. The summed E-state index contributed by atoms with van der Waals surface area (Å²) in [6.45, 7) is 4.76. The Morgan fingerprint density at radius 2 is 1.86 bits per heavy atom. The first-order valence-electron chi connectivity index (χ1n) is 7.53. The molecule has 0 aliphatic heterocycles. The van der Waals surface area contributed by atoms with E-state index in [2.05, 4.69) is 41.2 Å². The van der Waals surface area contributed by atoms with Crippen LogP contribution in [0.15, 0.2) is 16.6 Å². The van der Waals surface area contributed by atoms with Gasteiger partial charge in [-0.15, -0.1) is 0 Å². The van der Waals surface area contributed by atoms with Crippen LogP contribution in [0.1, 0.15) is 44.7 Å². The van der Waals surface area contributed by atoms with Crippen LogP contribution in [-0.4, -0.2) is 21.3 Å². The lowest BCUT2D eigenvalue weighted by Gasteiger charge is -2.35. The minimum absolute atomic E-state index is 0.316. The fourth-order valence-electron chi connectivity index (χ4n) is 3.65. The van der Waals surface area contributed by atoms with Crippen LogP contribution in [0.2, 0.25) is 0 Å². The summed E-state index contributed by atoms with van der Waals surface area (Å²) in [5.41, 5.74) is 1.61. The summed E-state index contributed by atoms with van der Waals surface area (Å²) in [5.74, 6) is 2.16. The molecule has 2 unspecified atom stereocenters. The lowest BCUT2D eigenvalue weighted by atomic mass is 9.75. The quantitative estimate of drug-likeness (QED) is 0.839. The molecule has 1 saturated carbocycles. The average Bonchev–Trinajstić information content (AvgIpc) is 2.80. The number of hydrogen-bond acceptors (Lipinski definition) is 3. The predicted molar refractivity (Wildman–Crippen MR) is 90.2 cm³/mol. The van der Waals surface area contributed by atoms with E-state index in [9.17, 15) is 0 Å². The highest BCUT2D eigenvalue weighted by Gasteiger charge is 2.40. The zero-order valence-corrected chi connectivity index (χ0v) is 15.2. The fraction of sp³-hybridized carbons (Fsp3) is 0.647. The van der Waals surface area contributed by atoms with Crippen molar-refractivity contribution in [3.63, 3.8) is 0 Å². The Balaban J connectivity index is 2.43. The number of benzene rings is 1.